The third-order valence-electron chi connectivity index (χ3n) is 6.40. The van der Waals surface area contributed by atoms with Crippen molar-refractivity contribution in [3.05, 3.63) is 23.8 Å². The molecule has 27 heavy (non-hydrogen) atoms. The summed E-state index contributed by atoms with van der Waals surface area (Å²) < 4.78 is 11.3. The zero-order valence-electron chi connectivity index (χ0n) is 16.1. The number of aliphatic hydroxyl groups excluding tert-OH is 1. The van der Waals surface area contributed by atoms with E-state index in [9.17, 15) is 9.90 Å². The first-order chi connectivity index (χ1) is 13.1. The molecule has 6 heteroatoms. The molecule has 1 amide bonds. The Morgan fingerprint density at radius 2 is 1.89 bits per heavy atom. The van der Waals surface area contributed by atoms with Crippen LogP contribution in [0.5, 0.6) is 11.5 Å². The van der Waals surface area contributed by atoms with E-state index in [0.717, 1.165) is 57.1 Å². The van der Waals surface area contributed by atoms with Crippen LogP contribution in [0.4, 0.5) is 0 Å². The predicted octanol–water partition coefficient (Wildman–Crippen LogP) is 1.76. The summed E-state index contributed by atoms with van der Waals surface area (Å²) >= 11 is 0. The third-order valence-corrected chi connectivity index (χ3v) is 6.40. The normalized spacial score (nSPS) is 26.4. The topological polar surface area (TPSA) is 62.2 Å². The Kier molecular flexibility index (Phi) is 5.55. The molecular weight excluding hydrogens is 344 g/mol. The van der Waals surface area contributed by atoms with E-state index in [0.29, 0.717) is 31.0 Å². The minimum atomic E-state index is 0.179. The van der Waals surface area contributed by atoms with Crippen LogP contribution in [0, 0.1) is 17.8 Å². The number of hydrogen-bond donors (Lipinski definition) is 1. The number of fused-ring (bicyclic) bond motifs is 1. The SMILES string of the molecule is CC(=O)N1CCC([C@@H]2CN(Cc3ccc4c(c3)OCCO4)C[C@H]2CO)CC1. The number of ether oxygens (including phenoxy) is 2. The van der Waals surface area contributed by atoms with Crippen molar-refractivity contribution in [3.8, 4) is 11.5 Å². The van der Waals surface area contributed by atoms with Gasteiger partial charge in [-0.2, -0.15) is 0 Å². The van der Waals surface area contributed by atoms with E-state index < -0.39 is 0 Å². The monoisotopic (exact) mass is 374 g/mol. The van der Waals surface area contributed by atoms with E-state index in [1.165, 1.54) is 5.56 Å². The van der Waals surface area contributed by atoms with E-state index in [4.69, 9.17) is 9.47 Å². The van der Waals surface area contributed by atoms with E-state index in [2.05, 4.69) is 17.0 Å². The molecule has 2 atom stereocenters. The number of carbonyl (C=O) groups excluding carboxylic acids is 1. The van der Waals surface area contributed by atoms with Crippen molar-refractivity contribution < 1.29 is 19.4 Å². The first-order valence-electron chi connectivity index (χ1n) is 10.1. The molecule has 0 saturated carbocycles. The standard InChI is InChI=1S/C21H30N2O4/c1-15(25)23-6-4-17(5-7-23)19-13-22(12-18(19)14-24)11-16-2-3-20-21(10-16)27-9-8-26-20/h2-3,10,17-19,24H,4-9,11-14H2,1H3/t18-,19-/m0/s1. The van der Waals surface area contributed by atoms with Crippen LogP contribution < -0.4 is 9.47 Å². The van der Waals surface area contributed by atoms with E-state index in [1.807, 2.05) is 11.0 Å². The number of aliphatic hydroxyl groups is 1. The zero-order chi connectivity index (χ0) is 18.8. The highest BCUT2D eigenvalue weighted by atomic mass is 16.6. The van der Waals surface area contributed by atoms with Crippen LogP contribution in [0.3, 0.4) is 0 Å². The second-order valence-corrected chi connectivity index (χ2v) is 8.12. The van der Waals surface area contributed by atoms with Crippen molar-refractivity contribution >= 4 is 5.91 Å². The number of nitrogens with zero attached hydrogens (tertiary/aromatic N) is 2. The summed E-state index contributed by atoms with van der Waals surface area (Å²) in [6, 6.07) is 6.19. The van der Waals surface area contributed by atoms with Gasteiger partial charge in [-0.3, -0.25) is 9.69 Å². The lowest BCUT2D eigenvalue weighted by molar-refractivity contribution is -0.130. The number of piperidine rings is 1. The molecule has 0 aliphatic carbocycles. The molecule has 148 valence electrons. The fourth-order valence-electron chi connectivity index (χ4n) is 4.93. The van der Waals surface area contributed by atoms with Crippen molar-refractivity contribution in [2.24, 2.45) is 17.8 Å². The third kappa shape index (κ3) is 4.06. The summed E-state index contributed by atoms with van der Waals surface area (Å²) in [5.41, 5.74) is 1.22. The summed E-state index contributed by atoms with van der Waals surface area (Å²) in [5, 5.41) is 9.92. The number of hydrogen-bond acceptors (Lipinski definition) is 5. The Balaban J connectivity index is 1.37. The molecule has 0 spiro atoms. The predicted molar refractivity (Wildman–Crippen MR) is 102 cm³/mol. The number of amides is 1. The van der Waals surface area contributed by atoms with Crippen LogP contribution in [0.15, 0.2) is 18.2 Å². The number of rotatable bonds is 4. The molecule has 0 unspecified atom stereocenters. The molecule has 4 rings (SSSR count). The Labute approximate surface area is 161 Å². The van der Waals surface area contributed by atoms with Crippen LogP contribution in [-0.2, 0) is 11.3 Å². The Bertz CT molecular complexity index is 672. The maximum atomic E-state index is 11.6. The molecule has 2 fully saturated rings. The van der Waals surface area contributed by atoms with Gasteiger partial charge in [0.1, 0.15) is 13.2 Å². The van der Waals surface area contributed by atoms with E-state index >= 15 is 0 Å². The molecule has 0 aromatic heterocycles. The largest absolute Gasteiger partial charge is 0.486 e. The average Bonchev–Trinajstić information content (AvgIpc) is 3.10. The first-order valence-corrected chi connectivity index (χ1v) is 10.1. The Morgan fingerprint density at radius 3 is 2.59 bits per heavy atom. The van der Waals surface area contributed by atoms with Gasteiger partial charge in [-0.1, -0.05) is 6.07 Å². The second-order valence-electron chi connectivity index (χ2n) is 8.12. The summed E-state index contributed by atoms with van der Waals surface area (Å²) in [4.78, 5) is 16.0. The minimum absolute atomic E-state index is 0.179. The van der Waals surface area contributed by atoms with Gasteiger partial charge in [-0.25, -0.2) is 0 Å². The van der Waals surface area contributed by atoms with Gasteiger partial charge in [0.15, 0.2) is 11.5 Å². The molecule has 1 aromatic rings. The highest BCUT2D eigenvalue weighted by molar-refractivity contribution is 5.73. The van der Waals surface area contributed by atoms with Gasteiger partial charge in [0.2, 0.25) is 5.91 Å². The van der Waals surface area contributed by atoms with Crippen LogP contribution in [0.25, 0.3) is 0 Å². The van der Waals surface area contributed by atoms with Crippen molar-refractivity contribution in [2.75, 3.05) is 46.0 Å². The summed E-state index contributed by atoms with van der Waals surface area (Å²) in [6.45, 7) is 7.65. The van der Waals surface area contributed by atoms with Gasteiger partial charge < -0.3 is 19.5 Å². The maximum absolute atomic E-state index is 11.6. The lowest BCUT2D eigenvalue weighted by atomic mass is 9.79. The number of likely N-dealkylation sites (tertiary alicyclic amines) is 2. The number of carbonyl (C=O) groups is 1. The zero-order valence-corrected chi connectivity index (χ0v) is 16.1. The molecule has 3 aliphatic heterocycles. The van der Waals surface area contributed by atoms with Gasteiger partial charge >= 0.3 is 0 Å². The molecule has 0 radical (unpaired) electrons. The van der Waals surface area contributed by atoms with Gasteiger partial charge in [-0.05, 0) is 48.3 Å². The maximum Gasteiger partial charge on any atom is 0.219 e. The molecular formula is C21H30N2O4. The second kappa shape index (κ2) is 8.07. The van der Waals surface area contributed by atoms with Crippen molar-refractivity contribution in [1.29, 1.82) is 0 Å². The fraction of sp³-hybridized carbons (Fsp3) is 0.667. The fourth-order valence-corrected chi connectivity index (χ4v) is 4.93. The molecule has 0 bridgehead atoms. The van der Waals surface area contributed by atoms with Crippen molar-refractivity contribution in [3.63, 3.8) is 0 Å². The summed E-state index contributed by atoms with van der Waals surface area (Å²) in [7, 11) is 0. The highest BCUT2D eigenvalue weighted by Crippen LogP contribution is 2.37. The van der Waals surface area contributed by atoms with Crippen LogP contribution >= 0.6 is 0 Å². The van der Waals surface area contributed by atoms with Crippen molar-refractivity contribution in [1.82, 2.24) is 9.80 Å². The van der Waals surface area contributed by atoms with Gasteiger partial charge in [0.25, 0.3) is 0 Å². The number of benzene rings is 1. The first kappa shape index (κ1) is 18.6. The van der Waals surface area contributed by atoms with Crippen LogP contribution in [0.1, 0.15) is 25.3 Å². The molecule has 2 saturated heterocycles. The summed E-state index contributed by atoms with van der Waals surface area (Å²) in [6.07, 6.45) is 2.11. The molecule has 6 nitrogen and oxygen atoms in total. The molecule has 3 heterocycles. The smallest absolute Gasteiger partial charge is 0.219 e. The summed E-state index contributed by atoms with van der Waals surface area (Å²) in [5.74, 6) is 3.29. The van der Waals surface area contributed by atoms with Crippen molar-refractivity contribution in [2.45, 2.75) is 26.3 Å². The lowest BCUT2D eigenvalue weighted by Gasteiger charge is -2.36. The van der Waals surface area contributed by atoms with E-state index in [1.54, 1.807) is 6.92 Å². The van der Waals surface area contributed by atoms with E-state index in [-0.39, 0.29) is 12.5 Å². The highest BCUT2D eigenvalue weighted by Gasteiger charge is 2.38. The average molecular weight is 374 g/mol. The van der Waals surface area contributed by atoms with Crippen LogP contribution in [-0.4, -0.2) is 66.8 Å². The Hall–Kier alpha value is -1.79. The quantitative estimate of drug-likeness (QED) is 0.870. The Morgan fingerprint density at radius 1 is 1.15 bits per heavy atom. The van der Waals surface area contributed by atoms with Gasteiger partial charge in [0, 0.05) is 46.3 Å². The van der Waals surface area contributed by atoms with Gasteiger partial charge in [-0.15, -0.1) is 0 Å². The molecule has 1 N–H and O–H groups in total. The molecule has 1 aromatic carbocycles. The van der Waals surface area contributed by atoms with Gasteiger partial charge in [0.05, 0.1) is 0 Å². The lowest BCUT2D eigenvalue weighted by Crippen LogP contribution is -2.40. The minimum Gasteiger partial charge on any atom is -0.486 e. The molecule has 3 aliphatic rings. The van der Waals surface area contributed by atoms with Crippen LogP contribution in [0.2, 0.25) is 0 Å².